The molecule has 0 aliphatic rings. The van der Waals surface area contributed by atoms with Gasteiger partial charge in [-0.3, -0.25) is 9.59 Å². The summed E-state index contributed by atoms with van der Waals surface area (Å²) in [5.41, 5.74) is 0.468. The number of aryl methyl sites for hydroxylation is 1. The van der Waals surface area contributed by atoms with Crippen molar-refractivity contribution in [3.63, 3.8) is 0 Å². The molecule has 0 atom stereocenters. The minimum Gasteiger partial charge on any atom is -0.480 e. The molecule has 0 aliphatic heterocycles. The summed E-state index contributed by atoms with van der Waals surface area (Å²) in [6.45, 7) is 1.84. The highest BCUT2D eigenvalue weighted by molar-refractivity contribution is 9.10. The maximum absolute atomic E-state index is 12.0. The maximum atomic E-state index is 12.0. The van der Waals surface area contributed by atoms with E-state index in [9.17, 15) is 9.59 Å². The topological polar surface area (TPSA) is 62.5 Å². The van der Waals surface area contributed by atoms with Crippen LogP contribution in [0.3, 0.4) is 0 Å². The number of carboxylic acids is 1. The highest BCUT2D eigenvalue weighted by Crippen LogP contribution is 2.15. The first-order valence-electron chi connectivity index (χ1n) is 4.78. The molecule has 0 bridgehead atoms. The van der Waals surface area contributed by atoms with Crippen LogP contribution in [-0.4, -0.2) is 39.5 Å². The first-order valence-corrected chi connectivity index (χ1v) is 5.58. The molecular formula is C10H13BrN2O3. The van der Waals surface area contributed by atoms with E-state index in [0.717, 1.165) is 4.47 Å². The van der Waals surface area contributed by atoms with Crippen molar-refractivity contribution in [2.45, 2.75) is 6.92 Å². The second-order valence-electron chi connectivity index (χ2n) is 3.37. The maximum Gasteiger partial charge on any atom is 0.323 e. The van der Waals surface area contributed by atoms with E-state index in [1.165, 1.54) is 4.90 Å². The van der Waals surface area contributed by atoms with Crippen molar-refractivity contribution in [3.8, 4) is 0 Å². The number of aliphatic carboxylic acids is 1. The fourth-order valence-corrected chi connectivity index (χ4v) is 1.91. The molecule has 0 saturated carbocycles. The van der Waals surface area contributed by atoms with E-state index in [1.54, 1.807) is 30.8 Å². The molecule has 1 aromatic heterocycles. The Morgan fingerprint density at radius 2 is 2.19 bits per heavy atom. The van der Waals surface area contributed by atoms with E-state index >= 15 is 0 Å². The summed E-state index contributed by atoms with van der Waals surface area (Å²) in [5, 5.41) is 8.68. The van der Waals surface area contributed by atoms with Gasteiger partial charge in [-0.05, 0) is 28.9 Å². The van der Waals surface area contributed by atoms with Gasteiger partial charge in [-0.2, -0.15) is 0 Å². The van der Waals surface area contributed by atoms with Crippen LogP contribution in [0.25, 0.3) is 0 Å². The van der Waals surface area contributed by atoms with Crippen molar-refractivity contribution in [1.29, 1.82) is 0 Å². The molecule has 1 rings (SSSR count). The van der Waals surface area contributed by atoms with Crippen molar-refractivity contribution in [3.05, 3.63) is 22.4 Å². The van der Waals surface area contributed by atoms with E-state index in [2.05, 4.69) is 15.9 Å². The Kier molecular flexibility index (Phi) is 4.12. The number of carboxylic acid groups (broad SMARTS) is 1. The standard InChI is InChI=1S/C10H13BrN2O3/c1-3-13(6-9(14)15)10(16)8-4-7(11)5-12(8)2/h4-5H,3,6H2,1-2H3,(H,14,15). The highest BCUT2D eigenvalue weighted by Gasteiger charge is 2.19. The summed E-state index contributed by atoms with van der Waals surface area (Å²) in [6, 6.07) is 1.67. The number of likely N-dealkylation sites (N-methyl/N-ethyl adjacent to an activating group) is 1. The fraction of sp³-hybridized carbons (Fsp3) is 0.400. The SMILES string of the molecule is CCN(CC(=O)O)C(=O)c1cc(Br)cn1C. The van der Waals surface area contributed by atoms with E-state index < -0.39 is 5.97 Å². The largest absolute Gasteiger partial charge is 0.480 e. The summed E-state index contributed by atoms with van der Waals surface area (Å²) in [4.78, 5) is 23.8. The number of hydrogen-bond acceptors (Lipinski definition) is 2. The average Bonchev–Trinajstić information content (AvgIpc) is 2.53. The smallest absolute Gasteiger partial charge is 0.323 e. The summed E-state index contributed by atoms with van der Waals surface area (Å²) < 4.78 is 2.46. The normalized spacial score (nSPS) is 10.2. The van der Waals surface area contributed by atoms with Crippen LogP contribution < -0.4 is 0 Å². The molecule has 0 aromatic carbocycles. The molecule has 0 radical (unpaired) electrons. The predicted octanol–water partition coefficient (Wildman–Crippen LogP) is 1.33. The quantitative estimate of drug-likeness (QED) is 0.909. The van der Waals surface area contributed by atoms with Gasteiger partial charge < -0.3 is 14.6 Å². The van der Waals surface area contributed by atoms with Gasteiger partial charge in [0, 0.05) is 24.3 Å². The third-order valence-corrected chi connectivity index (χ3v) is 2.62. The molecule has 0 aliphatic carbocycles. The van der Waals surface area contributed by atoms with Gasteiger partial charge in [-0.25, -0.2) is 0 Å². The van der Waals surface area contributed by atoms with Crippen LogP contribution in [0.5, 0.6) is 0 Å². The van der Waals surface area contributed by atoms with Crippen molar-refractivity contribution in [2.75, 3.05) is 13.1 Å². The number of aromatic nitrogens is 1. The van der Waals surface area contributed by atoms with Gasteiger partial charge in [0.1, 0.15) is 12.2 Å². The van der Waals surface area contributed by atoms with Crippen LogP contribution in [0.4, 0.5) is 0 Å². The van der Waals surface area contributed by atoms with Gasteiger partial charge in [0.25, 0.3) is 5.91 Å². The van der Waals surface area contributed by atoms with Gasteiger partial charge in [-0.1, -0.05) is 0 Å². The minimum absolute atomic E-state index is 0.280. The lowest BCUT2D eigenvalue weighted by Gasteiger charge is -2.18. The Morgan fingerprint density at radius 1 is 1.56 bits per heavy atom. The number of halogens is 1. The van der Waals surface area contributed by atoms with E-state index in [1.807, 2.05) is 0 Å². The molecule has 6 heteroatoms. The lowest BCUT2D eigenvalue weighted by Crippen LogP contribution is -2.36. The molecule has 5 nitrogen and oxygen atoms in total. The minimum atomic E-state index is -1.01. The molecule has 1 heterocycles. The lowest BCUT2D eigenvalue weighted by molar-refractivity contribution is -0.137. The Balaban J connectivity index is 2.91. The molecule has 1 N–H and O–H groups in total. The van der Waals surface area contributed by atoms with Crippen LogP contribution in [-0.2, 0) is 11.8 Å². The zero-order valence-corrected chi connectivity index (χ0v) is 10.7. The van der Waals surface area contributed by atoms with Gasteiger partial charge in [0.15, 0.2) is 0 Å². The molecule has 88 valence electrons. The van der Waals surface area contributed by atoms with E-state index in [-0.39, 0.29) is 12.5 Å². The summed E-state index contributed by atoms with van der Waals surface area (Å²) in [7, 11) is 1.74. The summed E-state index contributed by atoms with van der Waals surface area (Å²) in [5.74, 6) is -1.29. The molecule has 0 saturated heterocycles. The van der Waals surface area contributed by atoms with Crippen molar-refractivity contribution < 1.29 is 14.7 Å². The van der Waals surface area contributed by atoms with Gasteiger partial charge in [-0.15, -0.1) is 0 Å². The van der Waals surface area contributed by atoms with Crippen LogP contribution in [0.15, 0.2) is 16.7 Å². The number of carbonyl (C=O) groups is 2. The van der Waals surface area contributed by atoms with Crippen molar-refractivity contribution in [1.82, 2.24) is 9.47 Å². The fourth-order valence-electron chi connectivity index (χ4n) is 1.39. The number of nitrogens with zero attached hydrogens (tertiary/aromatic N) is 2. The Hall–Kier alpha value is -1.30. The van der Waals surface area contributed by atoms with Gasteiger partial charge in [0.05, 0.1) is 0 Å². The van der Waals surface area contributed by atoms with Gasteiger partial charge >= 0.3 is 5.97 Å². The second kappa shape index (κ2) is 5.16. The van der Waals surface area contributed by atoms with Crippen LogP contribution in [0.1, 0.15) is 17.4 Å². The summed E-state index contributed by atoms with van der Waals surface area (Å²) >= 11 is 3.27. The average molecular weight is 289 g/mol. The van der Waals surface area contributed by atoms with Crippen molar-refractivity contribution in [2.24, 2.45) is 7.05 Å². The third-order valence-electron chi connectivity index (χ3n) is 2.19. The molecule has 1 amide bonds. The summed E-state index contributed by atoms with van der Waals surface area (Å²) in [6.07, 6.45) is 1.75. The number of amides is 1. The predicted molar refractivity (Wildman–Crippen MR) is 62.3 cm³/mol. The Morgan fingerprint density at radius 3 is 2.56 bits per heavy atom. The van der Waals surface area contributed by atoms with E-state index in [4.69, 9.17) is 5.11 Å². The molecular weight excluding hydrogens is 276 g/mol. The molecule has 16 heavy (non-hydrogen) atoms. The number of rotatable bonds is 4. The monoisotopic (exact) mass is 288 g/mol. The first-order chi connectivity index (χ1) is 7.45. The Labute approximate surface area is 102 Å². The molecule has 1 aromatic rings. The number of hydrogen-bond donors (Lipinski definition) is 1. The zero-order chi connectivity index (χ0) is 12.3. The van der Waals surface area contributed by atoms with Crippen LogP contribution >= 0.6 is 15.9 Å². The second-order valence-corrected chi connectivity index (χ2v) is 4.28. The first kappa shape index (κ1) is 12.8. The van der Waals surface area contributed by atoms with Crippen molar-refractivity contribution >= 4 is 27.8 Å². The lowest BCUT2D eigenvalue weighted by atomic mass is 10.3. The third kappa shape index (κ3) is 2.85. The van der Waals surface area contributed by atoms with E-state index in [0.29, 0.717) is 12.2 Å². The zero-order valence-electron chi connectivity index (χ0n) is 9.11. The van der Waals surface area contributed by atoms with Crippen LogP contribution in [0.2, 0.25) is 0 Å². The molecule has 0 spiro atoms. The number of carbonyl (C=O) groups excluding carboxylic acids is 1. The molecule has 0 unspecified atom stereocenters. The highest BCUT2D eigenvalue weighted by atomic mass is 79.9. The van der Waals surface area contributed by atoms with Crippen LogP contribution in [0, 0.1) is 0 Å². The Bertz CT molecular complexity index is 414. The van der Waals surface area contributed by atoms with Gasteiger partial charge in [0.2, 0.25) is 0 Å². The molecule has 0 fully saturated rings.